The molecule has 192 valence electrons. The predicted octanol–water partition coefficient (Wildman–Crippen LogP) is 6.68. The summed E-state index contributed by atoms with van der Waals surface area (Å²) in [7, 11) is 2.04. The smallest absolute Gasteiger partial charge is 0.337 e. The van der Waals surface area contributed by atoms with Crippen LogP contribution in [0.5, 0.6) is 0 Å². The molecule has 2 amide bonds. The summed E-state index contributed by atoms with van der Waals surface area (Å²) in [6.07, 6.45) is -3.10. The monoisotopic (exact) mass is 526 g/mol. The molecule has 0 spiro atoms. The van der Waals surface area contributed by atoms with Crippen LogP contribution in [0.4, 0.5) is 23.7 Å². The molecule has 9 heteroatoms. The van der Waals surface area contributed by atoms with Crippen molar-refractivity contribution in [3.05, 3.63) is 88.4 Å². The zero-order chi connectivity index (χ0) is 26.6. The topological polar surface area (TPSA) is 68.2 Å². The quantitative estimate of drug-likeness (QED) is 0.389. The Morgan fingerprint density at radius 2 is 1.76 bits per heavy atom. The Kier molecular flexibility index (Phi) is 7.76. The van der Waals surface area contributed by atoms with Crippen molar-refractivity contribution in [1.29, 1.82) is 5.26 Å². The molecule has 0 bridgehead atoms. The molecule has 0 atom stereocenters. The molecule has 0 aromatic heterocycles. The number of benzene rings is 3. The highest BCUT2D eigenvalue weighted by atomic mass is 35.5. The number of halogens is 4. The number of nitriles is 1. The number of amides is 2. The third kappa shape index (κ3) is 6.24. The number of carbonyl (C=O) groups is 1. The highest BCUT2D eigenvalue weighted by Gasteiger charge is 2.37. The van der Waals surface area contributed by atoms with Gasteiger partial charge in [0.25, 0.3) is 0 Å². The normalized spacial score (nSPS) is 15.6. The summed E-state index contributed by atoms with van der Waals surface area (Å²) in [6.45, 7) is 1.92. The number of nitrogens with one attached hydrogen (secondary N) is 2. The second-order valence-corrected chi connectivity index (χ2v) is 9.79. The van der Waals surface area contributed by atoms with Crippen molar-refractivity contribution >= 4 is 23.3 Å². The van der Waals surface area contributed by atoms with Gasteiger partial charge in [0, 0.05) is 17.0 Å². The van der Waals surface area contributed by atoms with Crippen LogP contribution >= 0.6 is 11.6 Å². The Balaban J connectivity index is 1.53. The van der Waals surface area contributed by atoms with Crippen LogP contribution in [0.3, 0.4) is 0 Å². The van der Waals surface area contributed by atoms with Crippen LogP contribution < -0.4 is 10.6 Å². The third-order valence-corrected chi connectivity index (χ3v) is 7.12. The molecule has 0 unspecified atom stereocenters. The van der Waals surface area contributed by atoms with Gasteiger partial charge in [-0.3, -0.25) is 0 Å². The van der Waals surface area contributed by atoms with Crippen LogP contribution in [-0.2, 0) is 11.6 Å². The molecule has 3 aromatic rings. The maximum absolute atomic E-state index is 13.4. The summed E-state index contributed by atoms with van der Waals surface area (Å²) < 4.78 is 40.3. The summed E-state index contributed by atoms with van der Waals surface area (Å²) in [5, 5.41) is 14.3. The number of likely N-dealkylation sites (tertiary alicyclic amines) is 1. The summed E-state index contributed by atoms with van der Waals surface area (Å²) in [6, 6.07) is 20.1. The molecule has 1 fully saturated rings. The van der Waals surface area contributed by atoms with Gasteiger partial charge in [0.2, 0.25) is 0 Å². The van der Waals surface area contributed by atoms with E-state index in [1.807, 2.05) is 49.5 Å². The van der Waals surface area contributed by atoms with Crippen LogP contribution in [-0.4, -0.2) is 37.6 Å². The summed E-state index contributed by atoms with van der Waals surface area (Å²) in [5.41, 5.74) is 1.81. The third-order valence-electron chi connectivity index (χ3n) is 6.89. The van der Waals surface area contributed by atoms with Gasteiger partial charge >= 0.3 is 12.2 Å². The van der Waals surface area contributed by atoms with Crippen molar-refractivity contribution in [1.82, 2.24) is 10.2 Å². The van der Waals surface area contributed by atoms with Crippen LogP contribution in [0.25, 0.3) is 11.1 Å². The minimum atomic E-state index is -4.66. The van der Waals surface area contributed by atoms with Gasteiger partial charge in [-0.05, 0) is 80.0 Å². The Morgan fingerprint density at radius 3 is 2.41 bits per heavy atom. The Morgan fingerprint density at radius 1 is 1.05 bits per heavy atom. The second-order valence-electron chi connectivity index (χ2n) is 9.35. The fourth-order valence-corrected chi connectivity index (χ4v) is 4.85. The lowest BCUT2D eigenvalue weighted by atomic mass is 9.72. The lowest BCUT2D eigenvalue weighted by Crippen LogP contribution is -2.48. The van der Waals surface area contributed by atoms with Gasteiger partial charge in [0.05, 0.1) is 22.9 Å². The molecule has 2 N–H and O–H groups in total. The lowest BCUT2D eigenvalue weighted by Gasteiger charge is -2.41. The fourth-order valence-electron chi connectivity index (χ4n) is 4.67. The van der Waals surface area contributed by atoms with Gasteiger partial charge in [-0.2, -0.15) is 18.4 Å². The minimum absolute atomic E-state index is 0.0636. The molecule has 0 aliphatic carbocycles. The molecule has 0 saturated carbocycles. The summed E-state index contributed by atoms with van der Waals surface area (Å²) >= 11 is 5.74. The average molecular weight is 527 g/mol. The molecule has 5 nitrogen and oxygen atoms in total. The second kappa shape index (κ2) is 10.8. The highest BCUT2D eigenvalue weighted by molar-refractivity contribution is 6.30. The van der Waals surface area contributed by atoms with Crippen LogP contribution in [0.1, 0.15) is 29.5 Å². The zero-order valence-corrected chi connectivity index (χ0v) is 21.0. The maximum atomic E-state index is 13.4. The highest BCUT2D eigenvalue weighted by Crippen LogP contribution is 2.38. The first kappa shape index (κ1) is 26.5. The Hall–Kier alpha value is -3.54. The fraction of sp³-hybridized carbons (Fsp3) is 0.286. The molecule has 1 aliphatic rings. The average Bonchev–Trinajstić information content (AvgIpc) is 2.89. The van der Waals surface area contributed by atoms with Crippen molar-refractivity contribution in [2.75, 3.05) is 32.0 Å². The largest absolute Gasteiger partial charge is 0.418 e. The van der Waals surface area contributed by atoms with E-state index in [4.69, 9.17) is 11.6 Å². The van der Waals surface area contributed by atoms with Crippen LogP contribution in [0.2, 0.25) is 5.02 Å². The standard InChI is InChI=1S/C28H26ClF3N4O/c1-36-13-11-27(12-14-36,22-7-5-20(6-8-22)21-4-2-3-19(15-21)17-33)18-34-26(37)35-25-10-9-23(29)16-24(25)28(30,31)32/h2-10,15-16H,11-14,18H2,1H3,(H2,34,35,37). The first-order valence-corrected chi connectivity index (χ1v) is 12.2. The van der Waals surface area contributed by atoms with Gasteiger partial charge in [-0.1, -0.05) is 48.0 Å². The Bertz CT molecular complexity index is 1310. The number of anilines is 1. The van der Waals surface area contributed by atoms with Crippen molar-refractivity contribution < 1.29 is 18.0 Å². The van der Waals surface area contributed by atoms with E-state index in [1.165, 1.54) is 6.07 Å². The van der Waals surface area contributed by atoms with E-state index in [-0.39, 0.29) is 22.7 Å². The van der Waals surface area contributed by atoms with Gasteiger partial charge < -0.3 is 15.5 Å². The van der Waals surface area contributed by atoms with Gasteiger partial charge in [-0.25, -0.2) is 4.79 Å². The number of piperidine rings is 1. The number of nitrogens with zero attached hydrogens (tertiary/aromatic N) is 2. The molecule has 1 heterocycles. The van der Waals surface area contributed by atoms with E-state index in [1.54, 1.807) is 6.07 Å². The van der Waals surface area contributed by atoms with Crippen molar-refractivity contribution in [2.24, 2.45) is 0 Å². The van der Waals surface area contributed by atoms with Gasteiger partial charge in [0.1, 0.15) is 0 Å². The lowest BCUT2D eigenvalue weighted by molar-refractivity contribution is -0.136. The Labute approximate surface area is 218 Å². The number of alkyl halides is 3. The molecule has 1 aliphatic heterocycles. The number of hydrogen-bond donors (Lipinski definition) is 2. The van der Waals surface area contributed by atoms with Crippen molar-refractivity contribution in [2.45, 2.75) is 24.4 Å². The summed E-state index contributed by atoms with van der Waals surface area (Å²) in [4.78, 5) is 14.9. The van der Waals surface area contributed by atoms with Crippen molar-refractivity contribution in [3.8, 4) is 17.2 Å². The molecular weight excluding hydrogens is 501 g/mol. The minimum Gasteiger partial charge on any atom is -0.337 e. The molecule has 37 heavy (non-hydrogen) atoms. The number of urea groups is 1. The summed E-state index contributed by atoms with van der Waals surface area (Å²) in [5.74, 6) is 0. The molecule has 1 saturated heterocycles. The van der Waals surface area contributed by atoms with E-state index in [2.05, 4.69) is 21.6 Å². The number of carbonyl (C=O) groups excluding carboxylic acids is 1. The van der Waals surface area contributed by atoms with E-state index < -0.39 is 17.8 Å². The predicted molar refractivity (Wildman–Crippen MR) is 138 cm³/mol. The molecule has 0 radical (unpaired) electrons. The molecule has 3 aromatic carbocycles. The van der Waals surface area contributed by atoms with E-state index >= 15 is 0 Å². The zero-order valence-electron chi connectivity index (χ0n) is 20.2. The van der Waals surface area contributed by atoms with Gasteiger partial charge in [-0.15, -0.1) is 0 Å². The first-order valence-electron chi connectivity index (χ1n) is 11.8. The van der Waals surface area contributed by atoms with E-state index in [9.17, 15) is 23.2 Å². The van der Waals surface area contributed by atoms with Crippen molar-refractivity contribution in [3.63, 3.8) is 0 Å². The maximum Gasteiger partial charge on any atom is 0.418 e. The number of rotatable bonds is 5. The van der Waals surface area contributed by atoms with Crippen LogP contribution in [0.15, 0.2) is 66.7 Å². The van der Waals surface area contributed by atoms with E-state index in [0.29, 0.717) is 5.56 Å². The molecule has 4 rings (SSSR count). The molecular formula is C28H26ClF3N4O. The SMILES string of the molecule is CN1CCC(CNC(=O)Nc2ccc(Cl)cc2C(F)(F)F)(c2ccc(-c3cccc(C#N)c3)cc2)CC1. The van der Waals surface area contributed by atoms with Gasteiger partial charge in [0.15, 0.2) is 0 Å². The van der Waals surface area contributed by atoms with E-state index in [0.717, 1.165) is 54.8 Å². The number of hydrogen-bond acceptors (Lipinski definition) is 3. The van der Waals surface area contributed by atoms with Crippen LogP contribution in [0, 0.1) is 11.3 Å². The first-order chi connectivity index (χ1) is 17.6.